The van der Waals surface area contributed by atoms with E-state index in [1.54, 1.807) is 0 Å². The molecule has 0 heterocycles. The van der Waals surface area contributed by atoms with E-state index in [2.05, 4.69) is 4.74 Å². The first-order valence-corrected chi connectivity index (χ1v) is 3.56. The smallest absolute Gasteiger partial charge is 0.416 e. The van der Waals surface area contributed by atoms with Crippen molar-refractivity contribution in [2.45, 2.75) is 6.18 Å². The van der Waals surface area contributed by atoms with Gasteiger partial charge in [-0.3, -0.25) is 0 Å². The Labute approximate surface area is 77.3 Å². The van der Waals surface area contributed by atoms with Gasteiger partial charge in [0.1, 0.15) is 11.4 Å². The lowest BCUT2D eigenvalue weighted by molar-refractivity contribution is -0.137. The van der Waals surface area contributed by atoms with E-state index in [0.29, 0.717) is 12.1 Å². The molecule has 0 bridgehead atoms. The van der Waals surface area contributed by atoms with Crippen molar-refractivity contribution in [3.8, 4) is 5.75 Å². The highest BCUT2D eigenvalue weighted by Gasteiger charge is 2.32. The molecule has 0 amide bonds. The van der Waals surface area contributed by atoms with Gasteiger partial charge in [-0.25, -0.2) is 4.39 Å². The molecule has 0 saturated heterocycles. The van der Waals surface area contributed by atoms with Gasteiger partial charge in [-0.15, -0.1) is 0 Å². The molecule has 2 nitrogen and oxygen atoms in total. The maximum absolute atomic E-state index is 12.9. The van der Waals surface area contributed by atoms with E-state index in [0.717, 1.165) is 7.11 Å². The number of hydrogen-bond acceptors (Lipinski definition) is 2. The van der Waals surface area contributed by atoms with Gasteiger partial charge in [-0.2, -0.15) is 13.2 Å². The monoisotopic (exact) mass is 209 g/mol. The summed E-state index contributed by atoms with van der Waals surface area (Å²) in [4.78, 5) is 0. The fourth-order valence-electron chi connectivity index (χ4n) is 0.925. The second kappa shape index (κ2) is 3.36. The highest BCUT2D eigenvalue weighted by molar-refractivity contribution is 5.55. The first kappa shape index (κ1) is 10.6. The standard InChI is InChI=1S/C8H7F4NO/c1-14-6-3-4(8(10,11)12)2-5(9)7(6)13/h2-3H,13H2,1H3. The van der Waals surface area contributed by atoms with Crippen LogP contribution in [0.15, 0.2) is 12.1 Å². The molecule has 14 heavy (non-hydrogen) atoms. The molecule has 0 aliphatic heterocycles. The molecule has 2 N–H and O–H groups in total. The van der Waals surface area contributed by atoms with Crippen LogP contribution in [0, 0.1) is 5.82 Å². The molecule has 6 heteroatoms. The van der Waals surface area contributed by atoms with Crippen molar-refractivity contribution in [1.82, 2.24) is 0 Å². The van der Waals surface area contributed by atoms with Crippen molar-refractivity contribution in [2.75, 3.05) is 12.8 Å². The van der Waals surface area contributed by atoms with E-state index in [9.17, 15) is 17.6 Å². The summed E-state index contributed by atoms with van der Waals surface area (Å²) in [7, 11) is 1.12. The maximum Gasteiger partial charge on any atom is 0.416 e. The predicted octanol–water partition coefficient (Wildman–Crippen LogP) is 2.44. The third-order valence-electron chi connectivity index (χ3n) is 1.64. The lowest BCUT2D eigenvalue weighted by Gasteiger charge is -2.10. The van der Waals surface area contributed by atoms with Crippen LogP contribution in [0.2, 0.25) is 0 Å². The van der Waals surface area contributed by atoms with Crippen LogP contribution in [0.1, 0.15) is 5.56 Å². The summed E-state index contributed by atoms with van der Waals surface area (Å²) in [5.74, 6) is -1.46. The van der Waals surface area contributed by atoms with Crippen molar-refractivity contribution < 1.29 is 22.3 Å². The zero-order valence-electron chi connectivity index (χ0n) is 7.15. The van der Waals surface area contributed by atoms with Crippen molar-refractivity contribution >= 4 is 5.69 Å². The van der Waals surface area contributed by atoms with Crippen molar-refractivity contribution in [3.63, 3.8) is 0 Å². The summed E-state index contributed by atoms with van der Waals surface area (Å²) in [6.45, 7) is 0. The fraction of sp³-hybridized carbons (Fsp3) is 0.250. The molecular weight excluding hydrogens is 202 g/mol. The molecule has 0 aliphatic carbocycles. The Hall–Kier alpha value is -1.46. The van der Waals surface area contributed by atoms with E-state index in [1.165, 1.54) is 0 Å². The third-order valence-corrected chi connectivity index (χ3v) is 1.64. The molecule has 78 valence electrons. The Bertz CT molecular complexity index is 348. The largest absolute Gasteiger partial charge is 0.494 e. The van der Waals surface area contributed by atoms with Gasteiger partial charge in [0, 0.05) is 0 Å². The van der Waals surface area contributed by atoms with E-state index >= 15 is 0 Å². The quantitative estimate of drug-likeness (QED) is 0.569. The SMILES string of the molecule is COc1cc(C(F)(F)F)cc(F)c1N. The topological polar surface area (TPSA) is 35.2 Å². The summed E-state index contributed by atoms with van der Waals surface area (Å²) in [5, 5.41) is 0. The summed E-state index contributed by atoms with van der Waals surface area (Å²) >= 11 is 0. The summed E-state index contributed by atoms with van der Waals surface area (Å²) in [5.41, 5.74) is 3.58. The molecule has 0 spiro atoms. The van der Waals surface area contributed by atoms with Crippen LogP contribution in [0.25, 0.3) is 0 Å². The molecule has 0 aromatic heterocycles. The highest BCUT2D eigenvalue weighted by Crippen LogP contribution is 2.35. The van der Waals surface area contributed by atoms with Gasteiger partial charge in [-0.1, -0.05) is 0 Å². The normalized spacial score (nSPS) is 11.5. The minimum absolute atomic E-state index is 0.322. The van der Waals surface area contributed by atoms with Crippen LogP contribution < -0.4 is 10.5 Å². The maximum atomic E-state index is 12.9. The Kier molecular flexibility index (Phi) is 2.55. The average molecular weight is 209 g/mol. The number of nitrogen functional groups attached to an aromatic ring is 1. The molecule has 0 fully saturated rings. The molecular formula is C8H7F4NO. The number of methoxy groups -OCH3 is 1. The van der Waals surface area contributed by atoms with Gasteiger partial charge < -0.3 is 10.5 Å². The van der Waals surface area contributed by atoms with Crippen molar-refractivity contribution in [2.24, 2.45) is 0 Å². The van der Waals surface area contributed by atoms with Crippen LogP contribution >= 0.6 is 0 Å². The van der Waals surface area contributed by atoms with Crippen LogP contribution in [-0.2, 0) is 6.18 Å². The second-order valence-electron chi connectivity index (χ2n) is 2.57. The summed E-state index contributed by atoms with van der Waals surface area (Å²) in [6, 6.07) is 0.982. The minimum Gasteiger partial charge on any atom is -0.494 e. The van der Waals surface area contributed by atoms with Crippen LogP contribution in [-0.4, -0.2) is 7.11 Å². The van der Waals surface area contributed by atoms with Crippen LogP contribution in [0.3, 0.4) is 0 Å². The molecule has 0 atom stereocenters. The molecule has 1 aromatic carbocycles. The first-order valence-electron chi connectivity index (χ1n) is 3.56. The van der Waals surface area contributed by atoms with Gasteiger partial charge in [0.25, 0.3) is 0 Å². The number of hydrogen-bond donors (Lipinski definition) is 1. The van der Waals surface area contributed by atoms with E-state index in [-0.39, 0.29) is 5.75 Å². The molecule has 0 unspecified atom stereocenters. The van der Waals surface area contributed by atoms with E-state index < -0.39 is 23.2 Å². The number of halogens is 4. The molecule has 0 saturated carbocycles. The molecule has 0 aliphatic rings. The number of anilines is 1. The molecule has 1 aromatic rings. The van der Waals surface area contributed by atoms with Gasteiger partial charge >= 0.3 is 6.18 Å². The lowest BCUT2D eigenvalue weighted by atomic mass is 10.1. The number of alkyl halides is 3. The average Bonchev–Trinajstić information content (AvgIpc) is 2.07. The summed E-state index contributed by atoms with van der Waals surface area (Å²) in [6.07, 6.45) is -4.61. The minimum atomic E-state index is -4.61. The molecule has 0 radical (unpaired) electrons. The lowest BCUT2D eigenvalue weighted by Crippen LogP contribution is -2.07. The third kappa shape index (κ3) is 1.89. The van der Waals surface area contributed by atoms with E-state index in [1.807, 2.05) is 0 Å². The van der Waals surface area contributed by atoms with Crippen LogP contribution in [0.5, 0.6) is 5.75 Å². The Morgan fingerprint density at radius 1 is 1.29 bits per heavy atom. The van der Waals surface area contributed by atoms with Crippen LogP contribution in [0.4, 0.5) is 23.2 Å². The number of nitrogens with two attached hydrogens (primary N) is 1. The zero-order valence-corrected chi connectivity index (χ0v) is 7.15. The highest BCUT2D eigenvalue weighted by atomic mass is 19.4. The van der Waals surface area contributed by atoms with Gasteiger partial charge in [-0.05, 0) is 12.1 Å². The second-order valence-corrected chi connectivity index (χ2v) is 2.57. The van der Waals surface area contributed by atoms with Gasteiger partial charge in [0.05, 0.1) is 12.7 Å². The van der Waals surface area contributed by atoms with Crippen molar-refractivity contribution in [1.29, 1.82) is 0 Å². The first-order chi connectivity index (χ1) is 6.36. The Morgan fingerprint density at radius 3 is 2.29 bits per heavy atom. The van der Waals surface area contributed by atoms with Gasteiger partial charge in [0.15, 0.2) is 5.82 Å². The number of ether oxygens (including phenoxy) is 1. The zero-order chi connectivity index (χ0) is 10.9. The number of rotatable bonds is 1. The van der Waals surface area contributed by atoms with E-state index in [4.69, 9.17) is 5.73 Å². The predicted molar refractivity (Wildman–Crippen MR) is 42.4 cm³/mol. The molecule has 1 rings (SSSR count). The fourth-order valence-corrected chi connectivity index (χ4v) is 0.925. The Morgan fingerprint density at radius 2 is 1.86 bits per heavy atom. The Balaban J connectivity index is 3.30. The van der Waals surface area contributed by atoms with Crippen molar-refractivity contribution in [3.05, 3.63) is 23.5 Å². The number of benzene rings is 1. The summed E-state index contributed by atoms with van der Waals surface area (Å²) < 4.78 is 53.8. The van der Waals surface area contributed by atoms with Gasteiger partial charge in [0.2, 0.25) is 0 Å².